The molecule has 0 radical (unpaired) electrons. The second-order valence-electron chi connectivity index (χ2n) is 7.07. The van der Waals surface area contributed by atoms with Crippen molar-refractivity contribution in [1.29, 1.82) is 0 Å². The van der Waals surface area contributed by atoms with Crippen LogP contribution in [0.2, 0.25) is 0 Å². The Kier molecular flexibility index (Phi) is 4.59. The zero-order valence-corrected chi connectivity index (χ0v) is 13.0. The van der Waals surface area contributed by atoms with E-state index in [9.17, 15) is 4.79 Å². The highest BCUT2D eigenvalue weighted by molar-refractivity contribution is 5.68. The summed E-state index contributed by atoms with van der Waals surface area (Å²) >= 11 is 0. The molecule has 2 heterocycles. The van der Waals surface area contributed by atoms with Gasteiger partial charge in [-0.15, -0.1) is 0 Å². The Labute approximate surface area is 121 Å². The summed E-state index contributed by atoms with van der Waals surface area (Å²) in [6.45, 7) is 8.48. The van der Waals surface area contributed by atoms with Crippen LogP contribution in [0.5, 0.6) is 0 Å². The molecule has 0 aromatic rings. The average molecular weight is 284 g/mol. The monoisotopic (exact) mass is 284 g/mol. The van der Waals surface area contributed by atoms with E-state index in [4.69, 9.17) is 15.2 Å². The summed E-state index contributed by atoms with van der Waals surface area (Å²) < 4.78 is 11.3. The van der Waals surface area contributed by atoms with E-state index in [0.29, 0.717) is 13.1 Å². The van der Waals surface area contributed by atoms with Gasteiger partial charge >= 0.3 is 6.09 Å². The molecule has 2 atom stereocenters. The fraction of sp³-hybridized carbons (Fsp3) is 0.933. The average Bonchev–Trinajstić information content (AvgIpc) is 2.91. The first-order valence-electron chi connectivity index (χ1n) is 7.66. The molecule has 116 valence electrons. The van der Waals surface area contributed by atoms with Gasteiger partial charge in [0.1, 0.15) is 5.60 Å². The second-order valence-corrected chi connectivity index (χ2v) is 7.07. The van der Waals surface area contributed by atoms with Gasteiger partial charge in [0, 0.05) is 31.7 Å². The number of hydrogen-bond donors (Lipinski definition) is 1. The second kappa shape index (κ2) is 5.90. The quantitative estimate of drug-likeness (QED) is 0.843. The number of rotatable bonds is 2. The van der Waals surface area contributed by atoms with Crippen LogP contribution in [0.1, 0.15) is 46.5 Å². The van der Waals surface area contributed by atoms with Crippen LogP contribution in [0, 0.1) is 5.41 Å². The maximum absolute atomic E-state index is 12.3. The van der Waals surface area contributed by atoms with E-state index in [0.717, 1.165) is 38.8 Å². The van der Waals surface area contributed by atoms with Crippen LogP contribution in [0.15, 0.2) is 0 Å². The minimum atomic E-state index is -0.455. The Morgan fingerprint density at radius 2 is 2.20 bits per heavy atom. The third-order valence-corrected chi connectivity index (χ3v) is 4.28. The minimum Gasteiger partial charge on any atom is -0.444 e. The summed E-state index contributed by atoms with van der Waals surface area (Å²) in [6.07, 6.45) is 4.12. The van der Waals surface area contributed by atoms with Gasteiger partial charge in [-0.05, 0) is 46.5 Å². The zero-order valence-electron chi connectivity index (χ0n) is 13.0. The van der Waals surface area contributed by atoms with Crippen molar-refractivity contribution < 1.29 is 14.3 Å². The normalized spacial score (nSPS) is 31.4. The number of amides is 1. The Balaban J connectivity index is 2.04. The predicted molar refractivity (Wildman–Crippen MR) is 77.5 cm³/mol. The van der Waals surface area contributed by atoms with Gasteiger partial charge < -0.3 is 20.1 Å². The molecule has 2 rings (SSSR count). The molecule has 2 saturated heterocycles. The number of carbonyl (C=O) groups excluding carboxylic acids is 1. The molecule has 5 nitrogen and oxygen atoms in total. The number of carbonyl (C=O) groups is 1. The molecule has 2 aliphatic rings. The van der Waals surface area contributed by atoms with Crippen LogP contribution in [-0.4, -0.2) is 48.9 Å². The molecule has 2 unspecified atom stereocenters. The summed E-state index contributed by atoms with van der Waals surface area (Å²) in [5, 5.41) is 0. The molecular formula is C15H28N2O3. The molecule has 0 saturated carbocycles. The van der Waals surface area contributed by atoms with Crippen LogP contribution in [-0.2, 0) is 9.47 Å². The lowest BCUT2D eigenvalue weighted by atomic mass is 9.74. The van der Waals surface area contributed by atoms with Gasteiger partial charge in [0.15, 0.2) is 0 Å². The molecule has 0 bridgehead atoms. The highest BCUT2D eigenvalue weighted by atomic mass is 16.6. The molecule has 0 aliphatic carbocycles. The maximum atomic E-state index is 12.3. The van der Waals surface area contributed by atoms with Crippen LogP contribution in [0.4, 0.5) is 4.79 Å². The first kappa shape index (κ1) is 15.6. The molecule has 0 aromatic heterocycles. The zero-order chi connectivity index (χ0) is 14.8. The van der Waals surface area contributed by atoms with Gasteiger partial charge in [-0.2, -0.15) is 0 Å². The molecular weight excluding hydrogens is 256 g/mol. The van der Waals surface area contributed by atoms with Crippen molar-refractivity contribution in [3.8, 4) is 0 Å². The van der Waals surface area contributed by atoms with Crippen LogP contribution < -0.4 is 5.73 Å². The lowest BCUT2D eigenvalue weighted by molar-refractivity contribution is -0.0480. The fourth-order valence-electron chi connectivity index (χ4n) is 3.26. The Bertz CT molecular complexity index is 348. The van der Waals surface area contributed by atoms with Gasteiger partial charge in [0.25, 0.3) is 0 Å². The Morgan fingerprint density at radius 3 is 2.75 bits per heavy atom. The Hall–Kier alpha value is -0.810. The van der Waals surface area contributed by atoms with Gasteiger partial charge in [-0.3, -0.25) is 0 Å². The third-order valence-electron chi connectivity index (χ3n) is 4.28. The van der Waals surface area contributed by atoms with Crippen molar-refractivity contribution >= 4 is 6.09 Å². The molecule has 2 N–H and O–H groups in total. The third kappa shape index (κ3) is 3.44. The lowest BCUT2D eigenvalue weighted by Crippen LogP contribution is -2.55. The van der Waals surface area contributed by atoms with Crippen molar-refractivity contribution in [3.63, 3.8) is 0 Å². The maximum Gasteiger partial charge on any atom is 0.410 e. The molecule has 2 fully saturated rings. The summed E-state index contributed by atoms with van der Waals surface area (Å²) in [4.78, 5) is 14.1. The largest absolute Gasteiger partial charge is 0.444 e. The van der Waals surface area contributed by atoms with Crippen molar-refractivity contribution in [3.05, 3.63) is 0 Å². The van der Waals surface area contributed by atoms with E-state index in [1.165, 1.54) is 0 Å². The molecule has 2 aliphatic heterocycles. The van der Waals surface area contributed by atoms with E-state index in [1.807, 2.05) is 25.7 Å². The summed E-state index contributed by atoms with van der Waals surface area (Å²) in [5.41, 5.74) is 5.50. The SMILES string of the molecule is CC(C)(C)OC(=O)N1CCCC(CN)(C2CCCO2)C1. The summed E-state index contributed by atoms with van der Waals surface area (Å²) in [5.74, 6) is 0. The molecule has 5 heteroatoms. The van der Waals surface area contributed by atoms with Gasteiger partial charge in [-0.25, -0.2) is 4.79 Å². The van der Waals surface area contributed by atoms with E-state index in [2.05, 4.69) is 0 Å². The van der Waals surface area contributed by atoms with E-state index >= 15 is 0 Å². The molecule has 0 aromatic carbocycles. The molecule has 1 amide bonds. The van der Waals surface area contributed by atoms with Crippen molar-refractivity contribution in [2.45, 2.75) is 58.2 Å². The van der Waals surface area contributed by atoms with Crippen molar-refractivity contribution in [2.24, 2.45) is 11.1 Å². The van der Waals surface area contributed by atoms with Crippen LogP contribution in [0.25, 0.3) is 0 Å². The minimum absolute atomic E-state index is 0.0916. The highest BCUT2D eigenvalue weighted by Gasteiger charge is 2.45. The number of ether oxygens (including phenoxy) is 2. The van der Waals surface area contributed by atoms with Crippen LogP contribution in [0.3, 0.4) is 0 Å². The lowest BCUT2D eigenvalue weighted by Gasteiger charge is -2.45. The molecule has 20 heavy (non-hydrogen) atoms. The Morgan fingerprint density at radius 1 is 1.45 bits per heavy atom. The van der Waals surface area contributed by atoms with Crippen molar-refractivity contribution in [2.75, 3.05) is 26.2 Å². The number of piperidine rings is 1. The standard InChI is InChI=1S/C15H28N2O3/c1-14(2,3)20-13(18)17-8-5-7-15(10-16,11-17)12-6-4-9-19-12/h12H,4-11,16H2,1-3H3. The van der Waals surface area contributed by atoms with Gasteiger partial charge in [-0.1, -0.05) is 0 Å². The van der Waals surface area contributed by atoms with Gasteiger partial charge in [0.05, 0.1) is 6.10 Å². The van der Waals surface area contributed by atoms with Gasteiger partial charge in [0.2, 0.25) is 0 Å². The molecule has 0 spiro atoms. The van der Waals surface area contributed by atoms with Crippen LogP contribution >= 0.6 is 0 Å². The van der Waals surface area contributed by atoms with Crippen molar-refractivity contribution in [1.82, 2.24) is 4.90 Å². The first-order valence-corrected chi connectivity index (χ1v) is 7.66. The van der Waals surface area contributed by atoms with E-state index < -0.39 is 5.60 Å². The number of hydrogen-bond acceptors (Lipinski definition) is 4. The van der Waals surface area contributed by atoms with E-state index in [-0.39, 0.29) is 17.6 Å². The topological polar surface area (TPSA) is 64.8 Å². The predicted octanol–water partition coefficient (Wildman–Crippen LogP) is 2.14. The highest BCUT2D eigenvalue weighted by Crippen LogP contribution is 2.39. The summed E-state index contributed by atoms with van der Waals surface area (Å²) in [7, 11) is 0. The van der Waals surface area contributed by atoms with E-state index in [1.54, 1.807) is 0 Å². The number of nitrogens with two attached hydrogens (primary N) is 1. The number of likely N-dealkylation sites (tertiary alicyclic amines) is 1. The smallest absolute Gasteiger partial charge is 0.410 e. The number of nitrogens with zero attached hydrogens (tertiary/aromatic N) is 1. The summed E-state index contributed by atoms with van der Waals surface area (Å²) in [6, 6.07) is 0. The fourth-order valence-corrected chi connectivity index (χ4v) is 3.26. The first-order chi connectivity index (χ1) is 9.36.